The lowest BCUT2D eigenvalue weighted by Gasteiger charge is -2.34. The molecular formula is C15H32N4O. The molecule has 5 heteroatoms. The third-order valence-electron chi connectivity index (χ3n) is 3.42. The summed E-state index contributed by atoms with van der Waals surface area (Å²) in [7, 11) is 1.86. The van der Waals surface area contributed by atoms with Gasteiger partial charge in [-0.15, -0.1) is 0 Å². The Kier molecular flexibility index (Phi) is 7.30. The summed E-state index contributed by atoms with van der Waals surface area (Å²) >= 11 is 0. The predicted molar refractivity (Wildman–Crippen MR) is 85.3 cm³/mol. The van der Waals surface area contributed by atoms with Crippen LogP contribution >= 0.6 is 0 Å². The summed E-state index contributed by atoms with van der Waals surface area (Å²) < 4.78 is 5.68. The summed E-state index contributed by atoms with van der Waals surface area (Å²) in [6.07, 6.45) is 2.61. The fourth-order valence-corrected chi connectivity index (χ4v) is 2.41. The van der Waals surface area contributed by atoms with Gasteiger partial charge in [0.05, 0.1) is 6.10 Å². The van der Waals surface area contributed by atoms with E-state index < -0.39 is 0 Å². The first-order chi connectivity index (χ1) is 9.46. The molecule has 0 aliphatic carbocycles. The molecule has 0 bridgehead atoms. The quantitative estimate of drug-likeness (QED) is 0.456. The number of nitrogens with one attached hydrogen (secondary N) is 2. The van der Waals surface area contributed by atoms with E-state index in [0.29, 0.717) is 6.10 Å². The lowest BCUT2D eigenvalue weighted by molar-refractivity contribution is 0.0264. The molecule has 0 aromatic heterocycles. The molecule has 1 aliphatic rings. The van der Waals surface area contributed by atoms with Crippen molar-refractivity contribution in [1.29, 1.82) is 0 Å². The summed E-state index contributed by atoms with van der Waals surface area (Å²) in [6, 6.07) is 0. The van der Waals surface area contributed by atoms with Gasteiger partial charge < -0.3 is 20.3 Å². The van der Waals surface area contributed by atoms with Gasteiger partial charge in [-0.3, -0.25) is 4.99 Å². The first kappa shape index (κ1) is 17.2. The number of rotatable bonds is 5. The standard InChI is InChI=1S/C15H32N4O/c1-6-20-13-7-11-19(12-8-13)14(16-5)17-9-10-18-15(2,3)4/h13,18H,6-12H2,1-5H3,(H,16,17). The molecule has 1 saturated heterocycles. The van der Waals surface area contributed by atoms with Crippen LogP contribution in [-0.2, 0) is 4.74 Å². The molecule has 0 radical (unpaired) electrons. The van der Waals surface area contributed by atoms with Crippen molar-refractivity contribution in [2.24, 2.45) is 4.99 Å². The van der Waals surface area contributed by atoms with E-state index in [-0.39, 0.29) is 5.54 Å². The van der Waals surface area contributed by atoms with Gasteiger partial charge in [0, 0.05) is 45.4 Å². The topological polar surface area (TPSA) is 48.9 Å². The van der Waals surface area contributed by atoms with Crippen LogP contribution in [-0.4, -0.2) is 62.3 Å². The maximum atomic E-state index is 5.68. The Hall–Kier alpha value is -0.810. The number of hydrogen-bond acceptors (Lipinski definition) is 3. The van der Waals surface area contributed by atoms with E-state index in [4.69, 9.17) is 4.74 Å². The van der Waals surface area contributed by atoms with E-state index in [1.165, 1.54) is 0 Å². The lowest BCUT2D eigenvalue weighted by atomic mass is 10.1. The van der Waals surface area contributed by atoms with Gasteiger partial charge in [-0.25, -0.2) is 0 Å². The second-order valence-corrected chi connectivity index (χ2v) is 6.29. The van der Waals surface area contributed by atoms with E-state index >= 15 is 0 Å². The van der Waals surface area contributed by atoms with Gasteiger partial charge in [0.15, 0.2) is 5.96 Å². The highest BCUT2D eigenvalue weighted by Gasteiger charge is 2.21. The molecule has 0 amide bonds. The lowest BCUT2D eigenvalue weighted by Crippen LogP contribution is -2.49. The normalized spacial score (nSPS) is 18.4. The fourth-order valence-electron chi connectivity index (χ4n) is 2.41. The van der Waals surface area contributed by atoms with Crippen molar-refractivity contribution in [3.8, 4) is 0 Å². The number of hydrogen-bond donors (Lipinski definition) is 2. The Morgan fingerprint density at radius 2 is 1.90 bits per heavy atom. The third-order valence-corrected chi connectivity index (χ3v) is 3.42. The van der Waals surface area contributed by atoms with Crippen molar-refractivity contribution in [2.45, 2.75) is 52.2 Å². The second kappa shape index (κ2) is 8.47. The highest BCUT2D eigenvalue weighted by molar-refractivity contribution is 5.79. The van der Waals surface area contributed by atoms with Gasteiger partial charge in [-0.05, 0) is 40.5 Å². The van der Waals surface area contributed by atoms with E-state index in [1.54, 1.807) is 0 Å². The molecule has 0 unspecified atom stereocenters. The van der Waals surface area contributed by atoms with Crippen molar-refractivity contribution in [2.75, 3.05) is 39.8 Å². The Balaban J connectivity index is 2.26. The Labute approximate surface area is 124 Å². The Morgan fingerprint density at radius 3 is 2.40 bits per heavy atom. The minimum absolute atomic E-state index is 0.168. The molecule has 0 atom stereocenters. The average Bonchev–Trinajstić information content (AvgIpc) is 2.39. The van der Waals surface area contributed by atoms with Crippen LogP contribution < -0.4 is 10.6 Å². The molecule has 118 valence electrons. The zero-order valence-corrected chi connectivity index (χ0v) is 13.8. The van der Waals surface area contributed by atoms with Crippen LogP contribution in [0.4, 0.5) is 0 Å². The van der Waals surface area contributed by atoms with Crippen LogP contribution in [0, 0.1) is 0 Å². The highest BCUT2D eigenvalue weighted by Crippen LogP contribution is 2.13. The monoisotopic (exact) mass is 284 g/mol. The highest BCUT2D eigenvalue weighted by atomic mass is 16.5. The maximum Gasteiger partial charge on any atom is 0.193 e. The van der Waals surface area contributed by atoms with E-state index in [0.717, 1.165) is 51.6 Å². The first-order valence-corrected chi connectivity index (χ1v) is 7.78. The minimum atomic E-state index is 0.168. The van der Waals surface area contributed by atoms with Crippen molar-refractivity contribution in [3.05, 3.63) is 0 Å². The molecule has 0 aromatic carbocycles. The maximum absolute atomic E-state index is 5.68. The van der Waals surface area contributed by atoms with Crippen LogP contribution in [0.15, 0.2) is 4.99 Å². The molecule has 1 rings (SSSR count). The average molecular weight is 284 g/mol. The SMILES string of the molecule is CCOC1CCN(C(=NC)NCCNC(C)(C)C)CC1. The van der Waals surface area contributed by atoms with Crippen molar-refractivity contribution >= 4 is 5.96 Å². The van der Waals surface area contributed by atoms with Crippen LogP contribution in [0.3, 0.4) is 0 Å². The molecule has 2 N–H and O–H groups in total. The smallest absolute Gasteiger partial charge is 0.193 e. The van der Waals surface area contributed by atoms with Gasteiger partial charge in [0.2, 0.25) is 0 Å². The van der Waals surface area contributed by atoms with E-state index in [9.17, 15) is 0 Å². The number of nitrogens with zero attached hydrogens (tertiary/aromatic N) is 2. The summed E-state index contributed by atoms with van der Waals surface area (Å²) in [5.74, 6) is 1.01. The fraction of sp³-hybridized carbons (Fsp3) is 0.933. The van der Waals surface area contributed by atoms with Gasteiger partial charge >= 0.3 is 0 Å². The molecule has 5 nitrogen and oxygen atoms in total. The number of likely N-dealkylation sites (tertiary alicyclic amines) is 1. The molecule has 20 heavy (non-hydrogen) atoms. The molecule has 0 aromatic rings. The third kappa shape index (κ3) is 6.57. The molecule has 1 heterocycles. The van der Waals surface area contributed by atoms with Crippen LogP contribution in [0.2, 0.25) is 0 Å². The largest absolute Gasteiger partial charge is 0.378 e. The summed E-state index contributed by atoms with van der Waals surface area (Å²) in [5.41, 5.74) is 0.168. The van der Waals surface area contributed by atoms with Crippen molar-refractivity contribution in [1.82, 2.24) is 15.5 Å². The zero-order valence-electron chi connectivity index (χ0n) is 13.8. The molecule has 1 aliphatic heterocycles. The predicted octanol–water partition coefficient (Wildman–Crippen LogP) is 1.45. The van der Waals surface area contributed by atoms with Crippen molar-refractivity contribution < 1.29 is 4.74 Å². The summed E-state index contributed by atoms with van der Waals surface area (Å²) in [5, 5.41) is 6.90. The molecule has 0 saturated carbocycles. The Bertz CT molecular complexity index is 291. The minimum Gasteiger partial charge on any atom is -0.378 e. The van der Waals surface area contributed by atoms with E-state index in [1.807, 2.05) is 7.05 Å². The summed E-state index contributed by atoms with van der Waals surface area (Å²) in [6.45, 7) is 13.3. The van der Waals surface area contributed by atoms with Crippen LogP contribution in [0.1, 0.15) is 40.5 Å². The molecule has 0 spiro atoms. The zero-order chi connectivity index (χ0) is 15.0. The number of piperidine rings is 1. The van der Waals surface area contributed by atoms with E-state index in [2.05, 4.69) is 48.2 Å². The van der Waals surface area contributed by atoms with Crippen LogP contribution in [0.25, 0.3) is 0 Å². The number of guanidine groups is 1. The molecule has 1 fully saturated rings. The molecular weight excluding hydrogens is 252 g/mol. The van der Waals surface area contributed by atoms with Crippen molar-refractivity contribution in [3.63, 3.8) is 0 Å². The number of ether oxygens (including phenoxy) is 1. The Morgan fingerprint density at radius 1 is 1.25 bits per heavy atom. The van der Waals surface area contributed by atoms with Gasteiger partial charge in [-0.1, -0.05) is 0 Å². The summed E-state index contributed by atoms with van der Waals surface area (Å²) in [4.78, 5) is 6.71. The van der Waals surface area contributed by atoms with Crippen LogP contribution in [0.5, 0.6) is 0 Å². The number of aliphatic imine (C=N–C) groups is 1. The van der Waals surface area contributed by atoms with Gasteiger partial charge in [0.1, 0.15) is 0 Å². The van der Waals surface area contributed by atoms with Gasteiger partial charge in [-0.2, -0.15) is 0 Å². The second-order valence-electron chi connectivity index (χ2n) is 6.29. The first-order valence-electron chi connectivity index (χ1n) is 7.78. The van der Waals surface area contributed by atoms with Gasteiger partial charge in [0.25, 0.3) is 0 Å².